The molecule has 2 rings (SSSR count). The first-order valence-electron chi connectivity index (χ1n) is 4.18. The Kier molecular flexibility index (Phi) is 2.62. The number of nitrogens with one attached hydrogen (secondary N) is 1. The molecule has 0 amide bonds. The third kappa shape index (κ3) is 2.18. The maximum Gasteiger partial charge on any atom is 0.294 e. The normalized spacial score (nSPS) is 11.6. The van der Waals surface area contributed by atoms with Crippen molar-refractivity contribution in [2.24, 2.45) is 0 Å². The van der Waals surface area contributed by atoms with E-state index >= 15 is 0 Å². The van der Waals surface area contributed by atoms with Gasteiger partial charge in [-0.25, -0.2) is 9.67 Å². The van der Waals surface area contributed by atoms with Crippen molar-refractivity contribution in [2.45, 2.75) is 4.90 Å². The van der Waals surface area contributed by atoms with Gasteiger partial charge in [-0.15, -0.1) is 0 Å². The summed E-state index contributed by atoms with van der Waals surface area (Å²) in [6, 6.07) is 5.63. The lowest BCUT2D eigenvalue weighted by Gasteiger charge is -2.02. The second kappa shape index (κ2) is 3.81. The van der Waals surface area contributed by atoms with Crippen LogP contribution in [0.1, 0.15) is 0 Å². The van der Waals surface area contributed by atoms with Crippen LogP contribution >= 0.6 is 12.2 Å². The van der Waals surface area contributed by atoms with E-state index in [1.165, 1.54) is 35.3 Å². The van der Waals surface area contributed by atoms with Crippen LogP contribution in [0.25, 0.3) is 5.69 Å². The molecule has 84 valence electrons. The highest BCUT2D eigenvalue weighted by atomic mass is 32.2. The number of aromatic amines is 1. The quantitative estimate of drug-likeness (QED) is 0.623. The molecule has 0 bridgehead atoms. The van der Waals surface area contributed by atoms with Crippen LogP contribution in [-0.4, -0.2) is 27.7 Å². The van der Waals surface area contributed by atoms with Crippen molar-refractivity contribution in [1.29, 1.82) is 0 Å². The minimum absolute atomic E-state index is 0.157. The van der Waals surface area contributed by atoms with Crippen molar-refractivity contribution in [3.63, 3.8) is 0 Å². The van der Waals surface area contributed by atoms with Gasteiger partial charge in [-0.3, -0.25) is 9.65 Å². The third-order valence-electron chi connectivity index (χ3n) is 1.92. The van der Waals surface area contributed by atoms with E-state index in [1.807, 2.05) is 0 Å². The summed E-state index contributed by atoms with van der Waals surface area (Å²) >= 11 is 4.79. The second-order valence-electron chi connectivity index (χ2n) is 3.00. The van der Waals surface area contributed by atoms with Crippen LogP contribution in [-0.2, 0) is 10.1 Å². The van der Waals surface area contributed by atoms with E-state index in [0.29, 0.717) is 10.5 Å². The van der Waals surface area contributed by atoms with Gasteiger partial charge in [-0.05, 0) is 36.5 Å². The fourth-order valence-corrected chi connectivity index (χ4v) is 1.81. The molecule has 0 aliphatic rings. The van der Waals surface area contributed by atoms with Crippen LogP contribution in [0.4, 0.5) is 0 Å². The highest BCUT2D eigenvalue weighted by Gasteiger charge is 2.08. The van der Waals surface area contributed by atoms with Crippen LogP contribution in [0, 0.1) is 4.77 Å². The summed E-state index contributed by atoms with van der Waals surface area (Å²) in [6.45, 7) is 0. The van der Waals surface area contributed by atoms with Gasteiger partial charge in [0.05, 0.1) is 10.6 Å². The molecule has 16 heavy (non-hydrogen) atoms. The van der Waals surface area contributed by atoms with Gasteiger partial charge in [0.2, 0.25) is 4.77 Å². The molecule has 0 unspecified atom stereocenters. The largest absolute Gasteiger partial charge is 0.294 e. The van der Waals surface area contributed by atoms with E-state index < -0.39 is 10.1 Å². The molecular weight excluding hydrogens is 250 g/mol. The van der Waals surface area contributed by atoms with Gasteiger partial charge >= 0.3 is 0 Å². The molecule has 2 N–H and O–H groups in total. The van der Waals surface area contributed by atoms with Gasteiger partial charge in [0.25, 0.3) is 10.1 Å². The monoisotopic (exact) mass is 257 g/mol. The number of nitrogens with zero attached hydrogens (tertiary/aromatic N) is 2. The average Bonchev–Trinajstić information content (AvgIpc) is 2.64. The molecule has 1 aromatic heterocycles. The highest BCUT2D eigenvalue weighted by Crippen LogP contribution is 2.12. The van der Waals surface area contributed by atoms with E-state index in [9.17, 15) is 8.42 Å². The van der Waals surface area contributed by atoms with Crippen molar-refractivity contribution in [2.75, 3.05) is 0 Å². The van der Waals surface area contributed by atoms with E-state index in [4.69, 9.17) is 16.8 Å². The Morgan fingerprint density at radius 1 is 1.31 bits per heavy atom. The molecular formula is C8H7N3O3S2. The molecule has 0 aliphatic heterocycles. The minimum Gasteiger partial charge on any atom is -0.282 e. The van der Waals surface area contributed by atoms with Crippen LogP contribution in [0.3, 0.4) is 0 Å². The Bertz CT molecular complexity index is 654. The molecule has 1 aromatic carbocycles. The van der Waals surface area contributed by atoms with E-state index in [2.05, 4.69) is 10.1 Å². The van der Waals surface area contributed by atoms with Crippen molar-refractivity contribution >= 4 is 22.3 Å². The molecule has 0 radical (unpaired) electrons. The summed E-state index contributed by atoms with van der Waals surface area (Å²) < 4.78 is 32.2. The Balaban J connectivity index is 2.44. The number of rotatable bonds is 2. The Morgan fingerprint density at radius 3 is 2.38 bits per heavy atom. The lowest BCUT2D eigenvalue weighted by atomic mass is 10.3. The number of H-pyrrole nitrogens is 1. The SMILES string of the molecule is O=S(=O)(O)c1ccc(-n2cnc(=S)[nH]2)cc1. The molecule has 0 saturated heterocycles. The van der Waals surface area contributed by atoms with Crippen molar-refractivity contribution in [1.82, 2.24) is 14.8 Å². The third-order valence-corrected chi connectivity index (χ3v) is 2.98. The van der Waals surface area contributed by atoms with Gasteiger partial charge in [0.1, 0.15) is 6.33 Å². The van der Waals surface area contributed by atoms with Gasteiger partial charge in [0.15, 0.2) is 0 Å². The fourth-order valence-electron chi connectivity index (χ4n) is 1.18. The number of benzene rings is 1. The predicted molar refractivity (Wildman–Crippen MR) is 58.6 cm³/mol. The van der Waals surface area contributed by atoms with Gasteiger partial charge in [-0.1, -0.05) is 0 Å². The predicted octanol–water partition coefficient (Wildman–Crippen LogP) is 1.18. The maximum atomic E-state index is 10.8. The topological polar surface area (TPSA) is 88.0 Å². The van der Waals surface area contributed by atoms with E-state index in [1.54, 1.807) is 0 Å². The lowest BCUT2D eigenvalue weighted by molar-refractivity contribution is 0.483. The molecule has 8 heteroatoms. The standard InChI is InChI=1S/C8H7N3O3S2/c12-16(13,14)7-3-1-6(2-4-7)11-5-9-8(15)10-11/h1-5H,(H,10,15)(H,12,13,14). The lowest BCUT2D eigenvalue weighted by Crippen LogP contribution is -1.99. The molecule has 0 spiro atoms. The first-order chi connectivity index (χ1) is 7.47. The molecule has 0 atom stereocenters. The summed E-state index contributed by atoms with van der Waals surface area (Å²) in [5, 5.41) is 2.76. The Labute approximate surface area is 96.3 Å². The maximum absolute atomic E-state index is 10.8. The van der Waals surface area contributed by atoms with Crippen LogP contribution in [0.5, 0.6) is 0 Å². The zero-order chi connectivity index (χ0) is 11.8. The summed E-state index contributed by atoms with van der Waals surface area (Å²) in [4.78, 5) is 3.66. The first kappa shape index (κ1) is 11.0. The first-order valence-corrected chi connectivity index (χ1v) is 6.03. The molecule has 2 aromatic rings. The van der Waals surface area contributed by atoms with Crippen molar-refractivity contribution in [3.05, 3.63) is 35.4 Å². The zero-order valence-electron chi connectivity index (χ0n) is 7.86. The summed E-state index contributed by atoms with van der Waals surface area (Å²) in [7, 11) is -4.15. The fraction of sp³-hybridized carbons (Fsp3) is 0. The van der Waals surface area contributed by atoms with E-state index in [-0.39, 0.29) is 4.90 Å². The van der Waals surface area contributed by atoms with Crippen molar-refractivity contribution in [3.8, 4) is 5.69 Å². The molecule has 0 fully saturated rings. The average molecular weight is 257 g/mol. The summed E-state index contributed by atoms with van der Waals surface area (Å²) in [5.41, 5.74) is 0.663. The molecule has 1 heterocycles. The molecule has 6 nitrogen and oxygen atoms in total. The smallest absolute Gasteiger partial charge is 0.282 e. The summed E-state index contributed by atoms with van der Waals surface area (Å²) in [6.07, 6.45) is 1.48. The number of aromatic nitrogens is 3. The highest BCUT2D eigenvalue weighted by molar-refractivity contribution is 7.85. The zero-order valence-corrected chi connectivity index (χ0v) is 9.49. The van der Waals surface area contributed by atoms with Crippen LogP contribution in [0.2, 0.25) is 0 Å². The number of hydrogen-bond acceptors (Lipinski definition) is 4. The van der Waals surface area contributed by atoms with Crippen LogP contribution in [0.15, 0.2) is 35.5 Å². The molecule has 0 saturated carbocycles. The van der Waals surface area contributed by atoms with Gasteiger partial charge < -0.3 is 0 Å². The summed E-state index contributed by atoms with van der Waals surface area (Å²) in [5.74, 6) is 0. The Morgan fingerprint density at radius 2 is 1.94 bits per heavy atom. The number of hydrogen-bond donors (Lipinski definition) is 2. The van der Waals surface area contributed by atoms with Crippen LogP contribution < -0.4 is 0 Å². The molecule has 0 aliphatic carbocycles. The van der Waals surface area contributed by atoms with Gasteiger partial charge in [-0.2, -0.15) is 8.42 Å². The second-order valence-corrected chi connectivity index (χ2v) is 4.81. The minimum atomic E-state index is -4.15. The van der Waals surface area contributed by atoms with E-state index in [0.717, 1.165) is 0 Å². The Hall–Kier alpha value is -1.51. The van der Waals surface area contributed by atoms with Crippen molar-refractivity contribution < 1.29 is 13.0 Å². The van der Waals surface area contributed by atoms with Gasteiger partial charge in [0, 0.05) is 0 Å².